The fraction of sp³-hybridized carbons (Fsp3) is 0.111. The van der Waals surface area contributed by atoms with E-state index in [0.29, 0.717) is 29.0 Å². The summed E-state index contributed by atoms with van der Waals surface area (Å²) in [6, 6.07) is 14.2. The van der Waals surface area contributed by atoms with Gasteiger partial charge in [0.25, 0.3) is 0 Å². The number of pyridine rings is 1. The lowest BCUT2D eigenvalue weighted by atomic mass is 9.90. The summed E-state index contributed by atoms with van der Waals surface area (Å²) >= 11 is 0. The maximum absolute atomic E-state index is 14.6. The highest BCUT2D eigenvalue weighted by atomic mass is 19.1. The molecule has 0 saturated carbocycles. The largest absolute Gasteiger partial charge is 0.383 e. The van der Waals surface area contributed by atoms with Gasteiger partial charge in [-0.1, -0.05) is 30.8 Å². The Kier molecular flexibility index (Phi) is 4.63. The minimum Gasteiger partial charge on any atom is -0.383 e. The van der Waals surface area contributed by atoms with Crippen LogP contribution in [0.25, 0.3) is 44.3 Å². The van der Waals surface area contributed by atoms with Gasteiger partial charge in [0, 0.05) is 41.9 Å². The molecule has 1 aliphatic heterocycles. The number of nitrogen functional groups attached to an aromatic ring is 1. The lowest BCUT2D eigenvalue weighted by Gasteiger charge is -2.34. The fourth-order valence-electron chi connectivity index (χ4n) is 5.06. The van der Waals surface area contributed by atoms with Crippen LogP contribution in [-0.2, 0) is 11.3 Å². The van der Waals surface area contributed by atoms with Crippen molar-refractivity contribution >= 4 is 33.7 Å². The molecule has 0 radical (unpaired) electrons. The highest BCUT2D eigenvalue weighted by Crippen LogP contribution is 2.48. The SMILES string of the molecule is C=CC(=O)N(C)[C@H]1Cn2c(c(-c3cnc4ccccc4c3)c3c(N)ncnc32)-c2cc(F)ccc21. The van der Waals surface area contributed by atoms with Crippen LogP contribution >= 0.6 is 0 Å². The number of anilines is 1. The summed E-state index contributed by atoms with van der Waals surface area (Å²) in [5.41, 5.74) is 11.8. The standard InChI is InChI=1S/C27H21FN6O/c1-3-22(35)33(2)21-13-34-25(19-11-17(28)8-9-18(19)21)23(24-26(29)31-14-32-27(24)34)16-10-15-6-4-5-7-20(15)30-12-16/h3-12,14,21H,1,13H2,2H3,(H2,29,31,32)/t21-/m0/s1. The van der Waals surface area contributed by atoms with Gasteiger partial charge in [-0.15, -0.1) is 0 Å². The summed E-state index contributed by atoms with van der Waals surface area (Å²) in [6.07, 6.45) is 4.49. The number of carbonyl (C=O) groups is 1. The van der Waals surface area contributed by atoms with E-state index in [0.717, 1.165) is 33.3 Å². The molecular formula is C27H21FN6O. The van der Waals surface area contributed by atoms with Gasteiger partial charge in [0.15, 0.2) is 0 Å². The van der Waals surface area contributed by atoms with Crippen LogP contribution < -0.4 is 5.73 Å². The second kappa shape index (κ2) is 7.73. The molecule has 0 unspecified atom stereocenters. The molecule has 3 aromatic heterocycles. The smallest absolute Gasteiger partial charge is 0.246 e. The second-order valence-electron chi connectivity index (χ2n) is 8.61. The van der Waals surface area contributed by atoms with Crippen molar-refractivity contribution < 1.29 is 9.18 Å². The number of hydrogen-bond acceptors (Lipinski definition) is 5. The molecule has 0 bridgehead atoms. The summed E-state index contributed by atoms with van der Waals surface area (Å²) in [5, 5.41) is 1.64. The van der Waals surface area contributed by atoms with Crippen molar-refractivity contribution in [2.45, 2.75) is 12.6 Å². The summed E-state index contributed by atoms with van der Waals surface area (Å²) in [5.74, 6) is -0.274. The molecule has 2 N–H and O–H groups in total. The Hall–Kier alpha value is -4.59. The van der Waals surface area contributed by atoms with Crippen molar-refractivity contribution in [2.75, 3.05) is 12.8 Å². The fourth-order valence-corrected chi connectivity index (χ4v) is 5.06. The van der Waals surface area contributed by atoms with Crippen molar-refractivity contribution in [3.05, 3.63) is 85.1 Å². The van der Waals surface area contributed by atoms with Crippen LogP contribution in [0.4, 0.5) is 10.2 Å². The van der Waals surface area contributed by atoms with E-state index in [1.807, 2.05) is 34.9 Å². The zero-order valence-electron chi connectivity index (χ0n) is 18.9. The Morgan fingerprint density at radius 2 is 2.03 bits per heavy atom. The molecule has 1 amide bonds. The van der Waals surface area contributed by atoms with Gasteiger partial charge < -0.3 is 15.2 Å². The van der Waals surface area contributed by atoms with E-state index < -0.39 is 0 Å². The van der Waals surface area contributed by atoms with E-state index in [1.165, 1.54) is 24.5 Å². The number of halogens is 1. The summed E-state index contributed by atoms with van der Waals surface area (Å²) in [7, 11) is 1.72. The van der Waals surface area contributed by atoms with E-state index in [-0.39, 0.29) is 17.8 Å². The molecule has 0 aliphatic carbocycles. The number of carbonyl (C=O) groups excluding carboxylic acids is 1. The van der Waals surface area contributed by atoms with Crippen LogP contribution in [0.15, 0.2) is 73.7 Å². The number of aromatic nitrogens is 4. The molecule has 35 heavy (non-hydrogen) atoms. The highest BCUT2D eigenvalue weighted by molar-refractivity contribution is 6.09. The molecule has 1 aliphatic rings. The molecule has 4 heterocycles. The number of rotatable bonds is 3. The van der Waals surface area contributed by atoms with Crippen molar-refractivity contribution in [3.8, 4) is 22.4 Å². The molecule has 6 rings (SSSR count). The van der Waals surface area contributed by atoms with Crippen LogP contribution in [0.2, 0.25) is 0 Å². The Morgan fingerprint density at radius 1 is 1.20 bits per heavy atom. The summed E-state index contributed by atoms with van der Waals surface area (Å²) in [6.45, 7) is 4.03. The van der Waals surface area contributed by atoms with Gasteiger partial charge in [0.2, 0.25) is 5.91 Å². The maximum atomic E-state index is 14.6. The summed E-state index contributed by atoms with van der Waals surface area (Å²) in [4.78, 5) is 27.6. The third-order valence-electron chi connectivity index (χ3n) is 6.72. The predicted molar refractivity (Wildman–Crippen MR) is 134 cm³/mol. The third kappa shape index (κ3) is 3.10. The summed E-state index contributed by atoms with van der Waals surface area (Å²) < 4.78 is 16.6. The number of para-hydroxylation sites is 1. The van der Waals surface area contributed by atoms with Gasteiger partial charge in [-0.3, -0.25) is 9.78 Å². The number of benzene rings is 2. The average Bonchev–Trinajstić information content (AvgIpc) is 3.22. The van der Waals surface area contributed by atoms with Gasteiger partial charge >= 0.3 is 0 Å². The van der Waals surface area contributed by atoms with Gasteiger partial charge in [-0.05, 0) is 35.9 Å². The second-order valence-corrected chi connectivity index (χ2v) is 8.61. The first-order chi connectivity index (χ1) is 17.0. The first-order valence-electron chi connectivity index (χ1n) is 11.1. The van der Waals surface area contributed by atoms with Gasteiger partial charge in [-0.25, -0.2) is 14.4 Å². The van der Waals surface area contributed by atoms with Gasteiger partial charge in [0.1, 0.15) is 23.6 Å². The van der Waals surface area contributed by atoms with Crippen LogP contribution in [0.3, 0.4) is 0 Å². The number of fused-ring (bicyclic) bond motifs is 6. The Morgan fingerprint density at radius 3 is 2.86 bits per heavy atom. The Labute approximate surface area is 200 Å². The number of hydrogen-bond donors (Lipinski definition) is 1. The number of likely N-dealkylation sites (N-methyl/N-ethyl adjacent to an activating group) is 1. The molecule has 0 spiro atoms. The lowest BCUT2D eigenvalue weighted by Crippen LogP contribution is -2.35. The van der Waals surface area contributed by atoms with Crippen molar-refractivity contribution in [1.29, 1.82) is 0 Å². The maximum Gasteiger partial charge on any atom is 0.246 e. The monoisotopic (exact) mass is 464 g/mol. The zero-order chi connectivity index (χ0) is 24.3. The molecular weight excluding hydrogens is 443 g/mol. The zero-order valence-corrected chi connectivity index (χ0v) is 18.9. The molecule has 5 aromatic rings. The highest BCUT2D eigenvalue weighted by Gasteiger charge is 2.34. The van der Waals surface area contributed by atoms with Crippen LogP contribution in [0.5, 0.6) is 0 Å². The quantitative estimate of drug-likeness (QED) is 0.390. The first-order valence-corrected chi connectivity index (χ1v) is 11.1. The molecule has 8 heteroatoms. The van der Waals surface area contributed by atoms with E-state index >= 15 is 0 Å². The molecule has 2 aromatic carbocycles. The molecule has 1 atom stereocenters. The first kappa shape index (κ1) is 21.0. The van der Waals surface area contributed by atoms with Crippen molar-refractivity contribution in [2.24, 2.45) is 0 Å². The molecule has 0 saturated heterocycles. The Bertz CT molecular complexity index is 1670. The van der Waals surface area contributed by atoms with E-state index in [9.17, 15) is 9.18 Å². The van der Waals surface area contributed by atoms with E-state index in [4.69, 9.17) is 5.73 Å². The topological polar surface area (TPSA) is 89.9 Å². The number of nitrogens with two attached hydrogens (primary N) is 1. The number of nitrogens with zero attached hydrogens (tertiary/aromatic N) is 5. The van der Waals surface area contributed by atoms with Crippen molar-refractivity contribution in [3.63, 3.8) is 0 Å². The molecule has 0 fully saturated rings. The lowest BCUT2D eigenvalue weighted by molar-refractivity contribution is -0.127. The van der Waals surface area contributed by atoms with Gasteiger partial charge in [0.05, 0.1) is 22.6 Å². The molecule has 172 valence electrons. The minimum atomic E-state index is -0.374. The van der Waals surface area contributed by atoms with E-state index in [1.54, 1.807) is 24.2 Å². The third-order valence-corrected chi connectivity index (χ3v) is 6.72. The van der Waals surface area contributed by atoms with Crippen molar-refractivity contribution in [1.82, 2.24) is 24.4 Å². The average molecular weight is 465 g/mol. The predicted octanol–water partition coefficient (Wildman–Crippen LogP) is 4.73. The van der Waals surface area contributed by atoms with Crippen LogP contribution in [-0.4, -0.2) is 37.4 Å². The Balaban J connectivity index is 1.71. The molecule has 7 nitrogen and oxygen atoms in total. The van der Waals surface area contributed by atoms with Crippen LogP contribution in [0.1, 0.15) is 11.6 Å². The normalized spacial score (nSPS) is 14.5. The van der Waals surface area contributed by atoms with Crippen LogP contribution in [0, 0.1) is 5.82 Å². The number of amides is 1. The minimum absolute atomic E-state index is 0.224. The van der Waals surface area contributed by atoms with E-state index in [2.05, 4.69) is 21.5 Å². The van der Waals surface area contributed by atoms with Gasteiger partial charge in [-0.2, -0.15) is 0 Å².